The maximum absolute atomic E-state index is 12.1. The van der Waals surface area contributed by atoms with Crippen LogP contribution < -0.4 is 10.1 Å². The van der Waals surface area contributed by atoms with Gasteiger partial charge in [-0.15, -0.1) is 0 Å². The standard InChI is InChI=1S/C16H24ClNO3/c1-5-6-10(2)18-16(20)12(4)21-15-8-7-13(17)9-14(15)11(3)19/h7-12,19H,5-6H2,1-4H3,(H,18,20)/t10?,11-,12?/m0/s1. The van der Waals surface area contributed by atoms with Crippen molar-refractivity contribution in [1.82, 2.24) is 5.32 Å². The van der Waals surface area contributed by atoms with E-state index in [1.54, 1.807) is 32.0 Å². The van der Waals surface area contributed by atoms with Gasteiger partial charge >= 0.3 is 0 Å². The molecule has 1 aromatic rings. The molecule has 0 aliphatic rings. The number of carbonyl (C=O) groups excluding carboxylic acids is 1. The molecule has 3 atom stereocenters. The van der Waals surface area contributed by atoms with Gasteiger partial charge < -0.3 is 15.2 Å². The fourth-order valence-corrected chi connectivity index (χ4v) is 2.24. The minimum Gasteiger partial charge on any atom is -0.481 e. The zero-order valence-electron chi connectivity index (χ0n) is 13.0. The molecule has 0 aliphatic heterocycles. The highest BCUT2D eigenvalue weighted by Crippen LogP contribution is 2.29. The molecule has 0 spiro atoms. The number of aliphatic hydroxyl groups is 1. The van der Waals surface area contributed by atoms with Gasteiger partial charge in [0.05, 0.1) is 6.10 Å². The lowest BCUT2D eigenvalue weighted by Gasteiger charge is -2.20. The van der Waals surface area contributed by atoms with Gasteiger partial charge in [-0.1, -0.05) is 24.9 Å². The third-order valence-electron chi connectivity index (χ3n) is 3.21. The predicted octanol–water partition coefficient (Wildman–Crippen LogP) is 3.47. The number of nitrogens with one attached hydrogen (secondary N) is 1. The van der Waals surface area contributed by atoms with Crippen molar-refractivity contribution in [3.8, 4) is 5.75 Å². The Morgan fingerprint density at radius 3 is 2.62 bits per heavy atom. The van der Waals surface area contributed by atoms with E-state index in [1.165, 1.54) is 0 Å². The number of rotatable bonds is 7. The lowest BCUT2D eigenvalue weighted by molar-refractivity contribution is -0.128. The first kappa shape index (κ1) is 17.8. The maximum atomic E-state index is 12.1. The van der Waals surface area contributed by atoms with Crippen LogP contribution in [0.1, 0.15) is 52.2 Å². The summed E-state index contributed by atoms with van der Waals surface area (Å²) < 4.78 is 5.67. The van der Waals surface area contributed by atoms with E-state index in [0.717, 1.165) is 12.8 Å². The van der Waals surface area contributed by atoms with Crippen LogP contribution in [0.2, 0.25) is 5.02 Å². The third-order valence-corrected chi connectivity index (χ3v) is 3.44. The van der Waals surface area contributed by atoms with Crippen molar-refractivity contribution in [1.29, 1.82) is 0 Å². The summed E-state index contributed by atoms with van der Waals surface area (Å²) in [6, 6.07) is 5.11. The second-order valence-corrected chi connectivity index (χ2v) is 5.75. The summed E-state index contributed by atoms with van der Waals surface area (Å²) in [7, 11) is 0. The quantitative estimate of drug-likeness (QED) is 0.810. The van der Waals surface area contributed by atoms with Gasteiger partial charge in [-0.2, -0.15) is 0 Å². The van der Waals surface area contributed by atoms with Crippen LogP contribution in [0.5, 0.6) is 5.75 Å². The lowest BCUT2D eigenvalue weighted by Crippen LogP contribution is -2.41. The summed E-state index contributed by atoms with van der Waals surface area (Å²) in [4.78, 5) is 12.1. The predicted molar refractivity (Wildman–Crippen MR) is 84.7 cm³/mol. The van der Waals surface area contributed by atoms with Gasteiger partial charge in [-0.05, 0) is 45.4 Å². The summed E-state index contributed by atoms with van der Waals surface area (Å²) in [5.74, 6) is 0.308. The molecule has 118 valence electrons. The Bertz CT molecular complexity index is 477. The van der Waals surface area contributed by atoms with E-state index in [9.17, 15) is 9.90 Å². The van der Waals surface area contributed by atoms with Crippen LogP contribution in [-0.4, -0.2) is 23.2 Å². The lowest BCUT2D eigenvalue weighted by atomic mass is 10.1. The topological polar surface area (TPSA) is 58.6 Å². The fourth-order valence-electron chi connectivity index (χ4n) is 2.06. The SMILES string of the molecule is CCCC(C)NC(=O)C(C)Oc1ccc(Cl)cc1[C@H](C)O. The second-order valence-electron chi connectivity index (χ2n) is 5.32. The van der Waals surface area contributed by atoms with E-state index in [1.807, 2.05) is 6.92 Å². The molecular weight excluding hydrogens is 290 g/mol. The summed E-state index contributed by atoms with van der Waals surface area (Å²) in [6.45, 7) is 7.36. The molecule has 5 heteroatoms. The van der Waals surface area contributed by atoms with Gasteiger partial charge in [-0.25, -0.2) is 0 Å². The van der Waals surface area contributed by atoms with Gasteiger partial charge in [0.1, 0.15) is 5.75 Å². The zero-order chi connectivity index (χ0) is 16.0. The Morgan fingerprint density at radius 2 is 2.05 bits per heavy atom. The van der Waals surface area contributed by atoms with Crippen molar-refractivity contribution in [2.75, 3.05) is 0 Å². The highest BCUT2D eigenvalue weighted by atomic mass is 35.5. The van der Waals surface area contributed by atoms with E-state index < -0.39 is 12.2 Å². The molecule has 1 aromatic carbocycles. The highest BCUT2D eigenvalue weighted by molar-refractivity contribution is 6.30. The van der Waals surface area contributed by atoms with Crippen molar-refractivity contribution in [2.45, 2.75) is 58.8 Å². The molecule has 21 heavy (non-hydrogen) atoms. The number of carbonyl (C=O) groups is 1. The van der Waals surface area contributed by atoms with E-state index >= 15 is 0 Å². The minimum absolute atomic E-state index is 0.120. The van der Waals surface area contributed by atoms with Gasteiger partial charge in [0.25, 0.3) is 5.91 Å². The molecule has 0 bridgehead atoms. The summed E-state index contributed by atoms with van der Waals surface area (Å²) in [5.41, 5.74) is 0.573. The fraction of sp³-hybridized carbons (Fsp3) is 0.562. The van der Waals surface area contributed by atoms with Gasteiger partial charge in [-0.3, -0.25) is 4.79 Å². The Kier molecular flexibility index (Phi) is 6.99. The number of amides is 1. The monoisotopic (exact) mass is 313 g/mol. The molecule has 0 saturated carbocycles. The molecule has 2 unspecified atom stereocenters. The van der Waals surface area contributed by atoms with Crippen molar-refractivity contribution in [3.05, 3.63) is 28.8 Å². The van der Waals surface area contributed by atoms with Crippen LogP contribution in [-0.2, 0) is 4.79 Å². The molecule has 0 aromatic heterocycles. The normalized spacial score (nSPS) is 15.1. The number of benzene rings is 1. The Balaban J connectivity index is 2.74. The average molecular weight is 314 g/mol. The third kappa shape index (κ3) is 5.56. The summed E-state index contributed by atoms with van der Waals surface area (Å²) >= 11 is 5.92. The van der Waals surface area contributed by atoms with Gasteiger partial charge in [0.2, 0.25) is 0 Å². The van der Waals surface area contributed by atoms with E-state index in [4.69, 9.17) is 16.3 Å². The molecule has 0 saturated heterocycles. The van der Waals surface area contributed by atoms with Crippen LogP contribution in [0.4, 0.5) is 0 Å². The van der Waals surface area contributed by atoms with Crippen molar-refractivity contribution >= 4 is 17.5 Å². The maximum Gasteiger partial charge on any atom is 0.260 e. The number of hydrogen-bond acceptors (Lipinski definition) is 3. The number of halogens is 1. The molecule has 0 fully saturated rings. The molecule has 0 heterocycles. The largest absolute Gasteiger partial charge is 0.481 e. The molecule has 0 aliphatic carbocycles. The van der Waals surface area contributed by atoms with Gasteiger partial charge in [0, 0.05) is 16.6 Å². The molecule has 4 nitrogen and oxygen atoms in total. The molecular formula is C16H24ClNO3. The smallest absolute Gasteiger partial charge is 0.260 e. The van der Waals surface area contributed by atoms with Gasteiger partial charge in [0.15, 0.2) is 6.10 Å². The van der Waals surface area contributed by atoms with Crippen LogP contribution >= 0.6 is 11.6 Å². The van der Waals surface area contributed by atoms with Crippen molar-refractivity contribution in [3.63, 3.8) is 0 Å². The Morgan fingerprint density at radius 1 is 1.38 bits per heavy atom. The molecule has 1 rings (SSSR count). The first-order chi connectivity index (χ1) is 9.85. The molecule has 1 amide bonds. The minimum atomic E-state index is -0.715. The van der Waals surface area contributed by atoms with Crippen molar-refractivity contribution in [2.24, 2.45) is 0 Å². The van der Waals surface area contributed by atoms with E-state index in [-0.39, 0.29) is 11.9 Å². The molecule has 0 radical (unpaired) electrons. The van der Waals surface area contributed by atoms with Crippen molar-refractivity contribution < 1.29 is 14.6 Å². The van der Waals surface area contributed by atoms with Crippen LogP contribution in [0.15, 0.2) is 18.2 Å². The van der Waals surface area contributed by atoms with Crippen LogP contribution in [0.25, 0.3) is 0 Å². The molecule has 2 N–H and O–H groups in total. The van der Waals surface area contributed by atoms with Crippen LogP contribution in [0.3, 0.4) is 0 Å². The second kappa shape index (κ2) is 8.25. The average Bonchev–Trinajstić information content (AvgIpc) is 2.40. The number of ether oxygens (including phenoxy) is 1. The number of hydrogen-bond donors (Lipinski definition) is 2. The van der Waals surface area contributed by atoms with E-state index in [0.29, 0.717) is 16.3 Å². The summed E-state index contributed by atoms with van der Waals surface area (Å²) in [6.07, 6.45) is 0.592. The van der Waals surface area contributed by atoms with E-state index in [2.05, 4.69) is 12.2 Å². The van der Waals surface area contributed by atoms with Crippen LogP contribution in [0, 0.1) is 0 Å². The highest BCUT2D eigenvalue weighted by Gasteiger charge is 2.19. The first-order valence-electron chi connectivity index (χ1n) is 7.29. The Hall–Kier alpha value is -1.26. The first-order valence-corrected chi connectivity index (χ1v) is 7.67. The zero-order valence-corrected chi connectivity index (χ0v) is 13.8. The Labute approximate surface area is 131 Å². The summed E-state index contributed by atoms with van der Waals surface area (Å²) in [5, 5.41) is 13.2. The number of aliphatic hydroxyl groups excluding tert-OH is 1.